The highest BCUT2D eigenvalue weighted by Crippen LogP contribution is 2.35. The van der Waals surface area contributed by atoms with Gasteiger partial charge in [0.25, 0.3) is 0 Å². The third kappa shape index (κ3) is 1.71. The summed E-state index contributed by atoms with van der Waals surface area (Å²) in [5.74, 6) is 0.292. The first-order chi connectivity index (χ1) is 8.86. The summed E-state index contributed by atoms with van der Waals surface area (Å²) in [6, 6.07) is 9.73. The van der Waals surface area contributed by atoms with E-state index in [2.05, 4.69) is 15.1 Å². The van der Waals surface area contributed by atoms with Gasteiger partial charge in [-0.2, -0.15) is 0 Å². The molecule has 0 radical (unpaired) electrons. The second-order valence-electron chi connectivity index (χ2n) is 3.76. The molecule has 0 saturated heterocycles. The molecule has 2 heterocycles. The zero-order chi connectivity index (χ0) is 12.4. The molecule has 0 amide bonds. The summed E-state index contributed by atoms with van der Waals surface area (Å²) in [5.41, 5.74) is 8.99. The highest BCUT2D eigenvalue weighted by atomic mass is 16.5. The number of hydrogen-bond donors (Lipinski definition) is 1. The highest BCUT2D eigenvalue weighted by Gasteiger charge is 2.17. The first kappa shape index (κ1) is 10.5. The largest absolute Gasteiger partial charge is 0.367 e. The SMILES string of the molecule is Nc1onc(-c2cncnc2)c1-c1ccccc1. The minimum atomic E-state index is 0.292. The zero-order valence-corrected chi connectivity index (χ0v) is 9.45. The molecule has 2 N–H and O–H groups in total. The van der Waals surface area contributed by atoms with Crippen LogP contribution in [0.25, 0.3) is 22.4 Å². The van der Waals surface area contributed by atoms with Crippen LogP contribution in [0, 0.1) is 0 Å². The molecule has 0 atom stereocenters. The molecule has 0 aliphatic heterocycles. The average molecular weight is 238 g/mol. The summed E-state index contributed by atoms with van der Waals surface area (Å²) in [7, 11) is 0. The molecular formula is C13H10N4O. The lowest BCUT2D eigenvalue weighted by Gasteiger charge is -2.01. The first-order valence-electron chi connectivity index (χ1n) is 5.42. The van der Waals surface area contributed by atoms with Gasteiger partial charge < -0.3 is 10.3 Å². The third-order valence-corrected chi connectivity index (χ3v) is 2.61. The maximum Gasteiger partial charge on any atom is 0.230 e. The number of nitrogen functional groups attached to an aromatic ring is 1. The van der Waals surface area contributed by atoms with Gasteiger partial charge in [0.2, 0.25) is 5.88 Å². The van der Waals surface area contributed by atoms with E-state index in [1.807, 2.05) is 30.3 Å². The molecule has 5 nitrogen and oxygen atoms in total. The number of anilines is 1. The van der Waals surface area contributed by atoms with E-state index in [0.29, 0.717) is 11.6 Å². The van der Waals surface area contributed by atoms with E-state index in [9.17, 15) is 0 Å². The van der Waals surface area contributed by atoms with Gasteiger partial charge in [-0.1, -0.05) is 35.5 Å². The molecule has 1 aromatic carbocycles. The maximum atomic E-state index is 5.84. The van der Waals surface area contributed by atoms with Crippen LogP contribution in [0.15, 0.2) is 53.6 Å². The van der Waals surface area contributed by atoms with Crippen molar-refractivity contribution in [2.75, 3.05) is 5.73 Å². The Hall–Kier alpha value is -2.69. The van der Waals surface area contributed by atoms with Gasteiger partial charge in [-0.25, -0.2) is 9.97 Å². The Morgan fingerprint density at radius 2 is 1.67 bits per heavy atom. The van der Waals surface area contributed by atoms with Crippen LogP contribution in [0.4, 0.5) is 5.88 Å². The lowest BCUT2D eigenvalue weighted by Crippen LogP contribution is -1.88. The molecule has 3 aromatic rings. The molecule has 5 heteroatoms. The monoisotopic (exact) mass is 238 g/mol. The fraction of sp³-hybridized carbons (Fsp3) is 0. The normalized spacial score (nSPS) is 10.4. The predicted molar refractivity (Wildman–Crippen MR) is 67.4 cm³/mol. The molecular weight excluding hydrogens is 228 g/mol. The summed E-state index contributed by atoms with van der Waals surface area (Å²) in [6.07, 6.45) is 4.82. The Balaban J connectivity index is 2.19. The lowest BCUT2D eigenvalue weighted by molar-refractivity contribution is 0.439. The number of nitrogens with two attached hydrogens (primary N) is 1. The van der Waals surface area contributed by atoms with Crippen LogP contribution in [0.5, 0.6) is 0 Å². The average Bonchev–Trinajstić information content (AvgIpc) is 2.83. The summed E-state index contributed by atoms with van der Waals surface area (Å²) < 4.78 is 5.08. The summed E-state index contributed by atoms with van der Waals surface area (Å²) in [4.78, 5) is 7.94. The van der Waals surface area contributed by atoms with E-state index in [1.165, 1.54) is 6.33 Å². The predicted octanol–water partition coefficient (Wildman–Crippen LogP) is 2.38. The number of benzene rings is 1. The fourth-order valence-electron chi connectivity index (χ4n) is 1.81. The van der Waals surface area contributed by atoms with Crippen molar-refractivity contribution < 1.29 is 4.52 Å². The number of rotatable bonds is 2. The summed E-state index contributed by atoms with van der Waals surface area (Å²) in [5, 5.41) is 3.98. The van der Waals surface area contributed by atoms with Gasteiger partial charge in [0, 0.05) is 18.0 Å². The minimum absolute atomic E-state index is 0.292. The molecule has 2 aromatic heterocycles. The highest BCUT2D eigenvalue weighted by molar-refractivity contribution is 5.86. The molecule has 0 saturated carbocycles. The van der Waals surface area contributed by atoms with E-state index in [4.69, 9.17) is 10.3 Å². The summed E-state index contributed by atoms with van der Waals surface area (Å²) in [6.45, 7) is 0. The van der Waals surface area contributed by atoms with Crippen LogP contribution in [0.1, 0.15) is 0 Å². The number of aromatic nitrogens is 3. The smallest absolute Gasteiger partial charge is 0.230 e. The van der Waals surface area contributed by atoms with Crippen molar-refractivity contribution in [3.63, 3.8) is 0 Å². The molecule has 88 valence electrons. The molecule has 0 unspecified atom stereocenters. The molecule has 0 aliphatic carbocycles. The molecule has 0 spiro atoms. The lowest BCUT2D eigenvalue weighted by atomic mass is 10.0. The van der Waals surface area contributed by atoms with E-state index in [-0.39, 0.29) is 0 Å². The number of hydrogen-bond acceptors (Lipinski definition) is 5. The van der Waals surface area contributed by atoms with E-state index in [1.54, 1.807) is 12.4 Å². The minimum Gasteiger partial charge on any atom is -0.367 e. The molecule has 18 heavy (non-hydrogen) atoms. The second-order valence-corrected chi connectivity index (χ2v) is 3.76. The van der Waals surface area contributed by atoms with Crippen molar-refractivity contribution in [1.29, 1.82) is 0 Å². The van der Waals surface area contributed by atoms with Gasteiger partial charge in [0.15, 0.2) is 0 Å². The Morgan fingerprint density at radius 3 is 2.39 bits per heavy atom. The van der Waals surface area contributed by atoms with Crippen molar-refractivity contribution in [3.8, 4) is 22.4 Å². The van der Waals surface area contributed by atoms with Crippen LogP contribution in [-0.4, -0.2) is 15.1 Å². The van der Waals surface area contributed by atoms with Gasteiger partial charge in [-0.15, -0.1) is 0 Å². The number of nitrogens with zero attached hydrogens (tertiary/aromatic N) is 3. The summed E-state index contributed by atoms with van der Waals surface area (Å²) >= 11 is 0. The van der Waals surface area contributed by atoms with Crippen molar-refractivity contribution in [1.82, 2.24) is 15.1 Å². The standard InChI is InChI=1S/C13H10N4O/c14-13-11(9-4-2-1-3-5-9)12(17-18-13)10-6-15-8-16-7-10/h1-8H,14H2. The van der Waals surface area contributed by atoms with Gasteiger partial charge in [-0.05, 0) is 5.56 Å². The Labute approximate surface area is 103 Å². The van der Waals surface area contributed by atoms with Gasteiger partial charge in [0.1, 0.15) is 12.0 Å². The second kappa shape index (κ2) is 4.29. The van der Waals surface area contributed by atoms with Crippen LogP contribution in [0.3, 0.4) is 0 Å². The van der Waals surface area contributed by atoms with Crippen LogP contribution >= 0.6 is 0 Å². The van der Waals surface area contributed by atoms with Crippen molar-refractivity contribution in [2.45, 2.75) is 0 Å². The zero-order valence-electron chi connectivity index (χ0n) is 9.45. The van der Waals surface area contributed by atoms with Crippen molar-refractivity contribution in [2.24, 2.45) is 0 Å². The fourth-order valence-corrected chi connectivity index (χ4v) is 1.81. The van der Waals surface area contributed by atoms with Gasteiger partial charge >= 0.3 is 0 Å². The van der Waals surface area contributed by atoms with Gasteiger partial charge in [0.05, 0.1) is 5.56 Å². The topological polar surface area (TPSA) is 77.8 Å². The van der Waals surface area contributed by atoms with Crippen molar-refractivity contribution >= 4 is 5.88 Å². The Kier molecular flexibility index (Phi) is 2.49. The van der Waals surface area contributed by atoms with Crippen LogP contribution in [0.2, 0.25) is 0 Å². The molecule has 3 rings (SSSR count). The molecule has 0 fully saturated rings. The van der Waals surface area contributed by atoms with Gasteiger partial charge in [-0.3, -0.25) is 0 Å². The van der Waals surface area contributed by atoms with E-state index >= 15 is 0 Å². The third-order valence-electron chi connectivity index (χ3n) is 2.61. The molecule has 0 aliphatic rings. The first-order valence-corrected chi connectivity index (χ1v) is 5.42. The Morgan fingerprint density at radius 1 is 0.944 bits per heavy atom. The quantitative estimate of drug-likeness (QED) is 0.741. The van der Waals surface area contributed by atoms with Crippen molar-refractivity contribution in [3.05, 3.63) is 49.1 Å². The Bertz CT molecular complexity index is 649. The maximum absolute atomic E-state index is 5.84. The molecule has 0 bridgehead atoms. The van der Waals surface area contributed by atoms with E-state index < -0.39 is 0 Å². The van der Waals surface area contributed by atoms with E-state index in [0.717, 1.165) is 16.7 Å². The van der Waals surface area contributed by atoms with Crippen LogP contribution < -0.4 is 5.73 Å². The van der Waals surface area contributed by atoms with Crippen LogP contribution in [-0.2, 0) is 0 Å².